The molecule has 5 heteroatoms. The molecule has 1 aliphatic carbocycles. The van der Waals surface area contributed by atoms with Crippen LogP contribution in [0.5, 0.6) is 0 Å². The van der Waals surface area contributed by atoms with Crippen molar-refractivity contribution in [2.45, 2.75) is 60.0 Å². The highest BCUT2D eigenvalue weighted by Crippen LogP contribution is 2.54. The molecule has 0 N–H and O–H groups in total. The minimum atomic E-state index is -0.562. The minimum Gasteiger partial charge on any atom is -0.465 e. The van der Waals surface area contributed by atoms with E-state index in [4.69, 9.17) is 9.47 Å². The highest BCUT2D eigenvalue weighted by Gasteiger charge is 2.54. The van der Waals surface area contributed by atoms with E-state index in [0.717, 1.165) is 0 Å². The van der Waals surface area contributed by atoms with Gasteiger partial charge < -0.3 is 9.47 Å². The normalized spacial score (nSPS) is 27.9. The molecule has 5 nitrogen and oxygen atoms in total. The summed E-state index contributed by atoms with van der Waals surface area (Å²) in [5.74, 6) is -0.646. The molecule has 1 fully saturated rings. The summed E-state index contributed by atoms with van der Waals surface area (Å²) >= 11 is 0. The van der Waals surface area contributed by atoms with E-state index in [1.165, 1.54) is 13.8 Å². The van der Waals surface area contributed by atoms with Crippen LogP contribution in [0.2, 0.25) is 0 Å². The first-order chi connectivity index (χ1) is 9.08. The fourth-order valence-electron chi connectivity index (χ4n) is 2.97. The van der Waals surface area contributed by atoms with Crippen LogP contribution >= 0.6 is 0 Å². The van der Waals surface area contributed by atoms with Gasteiger partial charge in [0.2, 0.25) is 0 Å². The summed E-state index contributed by atoms with van der Waals surface area (Å²) in [5, 5.41) is 0. The van der Waals surface area contributed by atoms with Crippen molar-refractivity contribution in [1.82, 2.24) is 0 Å². The Kier molecular flexibility index (Phi) is 4.95. The number of esters is 2. The van der Waals surface area contributed by atoms with Gasteiger partial charge in [0.05, 0.1) is 6.61 Å². The van der Waals surface area contributed by atoms with Gasteiger partial charge in [0.1, 0.15) is 11.9 Å². The molecule has 1 aliphatic rings. The molecule has 0 unspecified atom stereocenters. The molecule has 1 rings (SSSR count). The van der Waals surface area contributed by atoms with Crippen molar-refractivity contribution in [3.05, 3.63) is 0 Å². The molecule has 0 bridgehead atoms. The van der Waals surface area contributed by atoms with Crippen LogP contribution in [0.1, 0.15) is 53.9 Å². The predicted octanol–water partition coefficient (Wildman–Crippen LogP) is 2.27. The lowest BCUT2D eigenvalue weighted by Crippen LogP contribution is -2.38. The first-order valence-electron chi connectivity index (χ1n) is 6.92. The van der Waals surface area contributed by atoms with Gasteiger partial charge in [-0.15, -0.1) is 0 Å². The lowest BCUT2D eigenvalue weighted by molar-refractivity contribution is -0.147. The standard InChI is InChI=1S/C15H24O5/c1-10(16)19-7-6-13(18)15(5)9-12(20-11(2)17)8-14(15,3)4/h12H,6-9H2,1-5H3/t12-,15-/m0/s1. The number of hydrogen-bond donors (Lipinski definition) is 0. The topological polar surface area (TPSA) is 69.7 Å². The third-order valence-electron chi connectivity index (χ3n) is 4.45. The number of Topliss-reactive ketones (excluding diaryl/α,β-unsaturated/α-hetero) is 1. The van der Waals surface area contributed by atoms with E-state index in [0.29, 0.717) is 12.8 Å². The summed E-state index contributed by atoms with van der Waals surface area (Å²) in [7, 11) is 0. The summed E-state index contributed by atoms with van der Waals surface area (Å²) in [6.45, 7) is 8.75. The number of carbonyl (C=O) groups is 3. The second-order valence-electron chi connectivity index (χ2n) is 6.37. The summed E-state index contributed by atoms with van der Waals surface area (Å²) < 4.78 is 10.1. The third kappa shape index (κ3) is 3.58. The summed E-state index contributed by atoms with van der Waals surface area (Å²) in [6.07, 6.45) is 1.18. The van der Waals surface area contributed by atoms with Gasteiger partial charge in [0, 0.05) is 25.7 Å². The quantitative estimate of drug-likeness (QED) is 0.724. The second kappa shape index (κ2) is 5.94. The Morgan fingerprint density at radius 2 is 1.65 bits per heavy atom. The summed E-state index contributed by atoms with van der Waals surface area (Å²) in [6, 6.07) is 0. The maximum Gasteiger partial charge on any atom is 0.302 e. The van der Waals surface area contributed by atoms with Crippen LogP contribution in [0, 0.1) is 10.8 Å². The van der Waals surface area contributed by atoms with E-state index in [9.17, 15) is 14.4 Å². The van der Waals surface area contributed by atoms with Gasteiger partial charge in [0.15, 0.2) is 0 Å². The lowest BCUT2D eigenvalue weighted by Gasteiger charge is -2.36. The molecule has 114 valence electrons. The van der Waals surface area contributed by atoms with E-state index in [-0.39, 0.29) is 42.3 Å². The van der Waals surface area contributed by atoms with Gasteiger partial charge in [-0.2, -0.15) is 0 Å². The molecule has 1 saturated carbocycles. The molecule has 0 heterocycles. The molecule has 0 spiro atoms. The molecule has 0 aromatic rings. The van der Waals surface area contributed by atoms with E-state index in [1.54, 1.807) is 0 Å². The zero-order chi connectivity index (χ0) is 15.6. The lowest BCUT2D eigenvalue weighted by atomic mass is 9.66. The van der Waals surface area contributed by atoms with Gasteiger partial charge in [-0.3, -0.25) is 14.4 Å². The largest absolute Gasteiger partial charge is 0.465 e. The zero-order valence-corrected chi connectivity index (χ0v) is 12.9. The Morgan fingerprint density at radius 1 is 1.05 bits per heavy atom. The number of ketones is 1. The number of carbonyl (C=O) groups excluding carboxylic acids is 3. The maximum atomic E-state index is 12.5. The first-order valence-corrected chi connectivity index (χ1v) is 6.92. The average Bonchev–Trinajstić information content (AvgIpc) is 2.47. The molecular formula is C15H24O5. The Bertz CT molecular complexity index is 412. The van der Waals surface area contributed by atoms with Gasteiger partial charge in [-0.05, 0) is 18.3 Å². The minimum absolute atomic E-state index is 0.0541. The third-order valence-corrected chi connectivity index (χ3v) is 4.45. The van der Waals surface area contributed by atoms with Crippen LogP contribution in [0.25, 0.3) is 0 Å². The van der Waals surface area contributed by atoms with Gasteiger partial charge in [0.25, 0.3) is 0 Å². The average molecular weight is 284 g/mol. The van der Waals surface area contributed by atoms with E-state index >= 15 is 0 Å². The van der Waals surface area contributed by atoms with Crippen molar-refractivity contribution in [1.29, 1.82) is 0 Å². The molecule has 0 radical (unpaired) electrons. The van der Waals surface area contributed by atoms with Crippen molar-refractivity contribution in [2.24, 2.45) is 10.8 Å². The Labute approximate surface area is 120 Å². The van der Waals surface area contributed by atoms with Gasteiger partial charge in [-0.25, -0.2) is 0 Å². The van der Waals surface area contributed by atoms with Crippen molar-refractivity contribution in [3.8, 4) is 0 Å². The van der Waals surface area contributed by atoms with Crippen LogP contribution in [-0.4, -0.2) is 30.4 Å². The van der Waals surface area contributed by atoms with Crippen LogP contribution in [0.15, 0.2) is 0 Å². The summed E-state index contributed by atoms with van der Waals surface area (Å²) in [5.41, 5.74) is -0.812. The number of rotatable bonds is 5. The molecule has 0 aliphatic heterocycles. The smallest absolute Gasteiger partial charge is 0.302 e. The molecule has 0 amide bonds. The van der Waals surface area contributed by atoms with Crippen LogP contribution in [0.3, 0.4) is 0 Å². The van der Waals surface area contributed by atoms with Crippen molar-refractivity contribution in [3.63, 3.8) is 0 Å². The van der Waals surface area contributed by atoms with Crippen LogP contribution in [-0.2, 0) is 23.9 Å². The monoisotopic (exact) mass is 284 g/mol. The Hall–Kier alpha value is -1.39. The Balaban J connectivity index is 2.71. The second-order valence-corrected chi connectivity index (χ2v) is 6.37. The highest BCUT2D eigenvalue weighted by atomic mass is 16.5. The fraction of sp³-hybridized carbons (Fsp3) is 0.800. The predicted molar refractivity (Wildman–Crippen MR) is 72.9 cm³/mol. The highest BCUT2D eigenvalue weighted by molar-refractivity contribution is 5.86. The van der Waals surface area contributed by atoms with E-state index in [1.807, 2.05) is 20.8 Å². The van der Waals surface area contributed by atoms with E-state index in [2.05, 4.69) is 0 Å². The maximum absolute atomic E-state index is 12.5. The van der Waals surface area contributed by atoms with Crippen LogP contribution < -0.4 is 0 Å². The van der Waals surface area contributed by atoms with Crippen molar-refractivity contribution >= 4 is 17.7 Å². The van der Waals surface area contributed by atoms with E-state index < -0.39 is 5.41 Å². The summed E-state index contributed by atoms with van der Waals surface area (Å²) in [4.78, 5) is 34.3. The van der Waals surface area contributed by atoms with Gasteiger partial charge in [-0.1, -0.05) is 20.8 Å². The van der Waals surface area contributed by atoms with Crippen molar-refractivity contribution in [2.75, 3.05) is 6.61 Å². The zero-order valence-electron chi connectivity index (χ0n) is 12.9. The Morgan fingerprint density at radius 3 is 2.15 bits per heavy atom. The molecule has 20 heavy (non-hydrogen) atoms. The number of ether oxygens (including phenoxy) is 2. The molecule has 0 aromatic carbocycles. The molecular weight excluding hydrogens is 260 g/mol. The number of hydrogen-bond acceptors (Lipinski definition) is 5. The van der Waals surface area contributed by atoms with Crippen molar-refractivity contribution < 1.29 is 23.9 Å². The molecule has 2 atom stereocenters. The molecule has 0 aromatic heterocycles. The fourth-order valence-corrected chi connectivity index (χ4v) is 2.97. The van der Waals surface area contributed by atoms with Gasteiger partial charge >= 0.3 is 11.9 Å². The first kappa shape index (κ1) is 16.7. The van der Waals surface area contributed by atoms with Crippen LogP contribution in [0.4, 0.5) is 0 Å². The molecule has 0 saturated heterocycles. The SMILES string of the molecule is CC(=O)OCCC(=O)[C@]1(C)C[C@@H](OC(C)=O)CC1(C)C.